The summed E-state index contributed by atoms with van der Waals surface area (Å²) in [6.45, 7) is 8.88. The van der Waals surface area contributed by atoms with Gasteiger partial charge in [0.25, 0.3) is 0 Å². The van der Waals surface area contributed by atoms with E-state index in [4.69, 9.17) is 4.74 Å². The molecule has 6 nitrogen and oxygen atoms in total. The van der Waals surface area contributed by atoms with Gasteiger partial charge in [0.15, 0.2) is 5.65 Å². The van der Waals surface area contributed by atoms with Crippen molar-refractivity contribution in [3.8, 4) is 0 Å². The van der Waals surface area contributed by atoms with Crippen LogP contribution in [0.15, 0.2) is 41.6 Å². The normalized spacial score (nSPS) is 11.7. The van der Waals surface area contributed by atoms with Gasteiger partial charge in [-0.3, -0.25) is 0 Å². The summed E-state index contributed by atoms with van der Waals surface area (Å²) in [4.78, 5) is 19.7. The van der Waals surface area contributed by atoms with E-state index >= 15 is 0 Å². The number of thioether (sulfide) groups is 1. The van der Waals surface area contributed by atoms with E-state index in [-0.39, 0.29) is 17.2 Å². The first-order valence-corrected chi connectivity index (χ1v) is 10.2. The standard InChI is InChI=1S/C21H25FN4O2S/c1-6-28-20(27)16-12-23-26-10-9-18(24-19(16)26)25(5)13-14-11-15(22)7-8-17(14)29-21(2,3)4/h7-12H,6,13H2,1-5H3. The minimum absolute atomic E-state index is 0.00838. The fourth-order valence-corrected chi connectivity index (χ4v) is 3.91. The summed E-state index contributed by atoms with van der Waals surface area (Å²) in [5.74, 6) is -0.0706. The van der Waals surface area contributed by atoms with Crippen molar-refractivity contribution in [1.82, 2.24) is 14.6 Å². The Kier molecular flexibility index (Phi) is 6.12. The fourth-order valence-electron chi connectivity index (χ4n) is 2.86. The van der Waals surface area contributed by atoms with Crippen LogP contribution >= 0.6 is 11.8 Å². The second-order valence-corrected chi connectivity index (χ2v) is 9.52. The molecule has 0 spiro atoms. The molecule has 0 saturated carbocycles. The van der Waals surface area contributed by atoms with Crippen LogP contribution in [0.3, 0.4) is 0 Å². The lowest BCUT2D eigenvalue weighted by molar-refractivity contribution is 0.0528. The molecule has 0 radical (unpaired) electrons. The number of hydrogen-bond acceptors (Lipinski definition) is 6. The Balaban J connectivity index is 1.90. The van der Waals surface area contributed by atoms with Crippen molar-refractivity contribution in [2.24, 2.45) is 0 Å². The number of anilines is 1. The first-order valence-electron chi connectivity index (χ1n) is 9.38. The zero-order valence-corrected chi connectivity index (χ0v) is 18.1. The molecule has 29 heavy (non-hydrogen) atoms. The molecule has 0 bridgehead atoms. The zero-order valence-electron chi connectivity index (χ0n) is 17.3. The van der Waals surface area contributed by atoms with Crippen LogP contribution in [0, 0.1) is 5.82 Å². The van der Waals surface area contributed by atoms with Crippen LogP contribution in [0.2, 0.25) is 0 Å². The van der Waals surface area contributed by atoms with E-state index in [9.17, 15) is 9.18 Å². The molecule has 2 aromatic heterocycles. The quantitative estimate of drug-likeness (QED) is 0.433. The van der Waals surface area contributed by atoms with Crippen LogP contribution in [0.25, 0.3) is 5.65 Å². The Morgan fingerprint density at radius 2 is 2.07 bits per heavy atom. The number of aromatic nitrogens is 3. The highest BCUT2D eigenvalue weighted by atomic mass is 32.2. The van der Waals surface area contributed by atoms with Gasteiger partial charge in [-0.25, -0.2) is 18.7 Å². The van der Waals surface area contributed by atoms with Crippen LogP contribution in [0.5, 0.6) is 0 Å². The first-order chi connectivity index (χ1) is 13.7. The third-order valence-electron chi connectivity index (χ3n) is 4.09. The summed E-state index contributed by atoms with van der Waals surface area (Å²) in [5, 5.41) is 4.15. The van der Waals surface area contributed by atoms with E-state index in [1.807, 2.05) is 24.1 Å². The molecule has 0 aliphatic rings. The van der Waals surface area contributed by atoms with E-state index in [1.165, 1.54) is 16.8 Å². The molecular formula is C21H25FN4O2S. The van der Waals surface area contributed by atoms with Crippen molar-refractivity contribution in [3.05, 3.63) is 53.6 Å². The smallest absolute Gasteiger partial charge is 0.343 e. The van der Waals surface area contributed by atoms with Gasteiger partial charge in [-0.15, -0.1) is 11.8 Å². The molecule has 0 amide bonds. The van der Waals surface area contributed by atoms with Crippen LogP contribution in [-0.2, 0) is 11.3 Å². The maximum absolute atomic E-state index is 13.9. The molecule has 0 aliphatic heterocycles. The predicted octanol–water partition coefficient (Wildman–Crippen LogP) is 4.57. The summed E-state index contributed by atoms with van der Waals surface area (Å²) < 4.78 is 20.5. The van der Waals surface area contributed by atoms with Gasteiger partial charge < -0.3 is 9.64 Å². The number of carbonyl (C=O) groups is 1. The molecule has 0 fully saturated rings. The second kappa shape index (κ2) is 8.41. The highest BCUT2D eigenvalue weighted by Gasteiger charge is 2.19. The average Bonchev–Trinajstić information content (AvgIpc) is 3.06. The minimum atomic E-state index is -0.455. The van der Waals surface area contributed by atoms with Crippen molar-refractivity contribution >= 4 is 29.2 Å². The van der Waals surface area contributed by atoms with E-state index in [0.717, 1.165) is 10.5 Å². The van der Waals surface area contributed by atoms with Crippen LogP contribution in [-0.4, -0.2) is 39.0 Å². The topological polar surface area (TPSA) is 59.7 Å². The molecule has 0 atom stereocenters. The van der Waals surface area contributed by atoms with Crippen molar-refractivity contribution in [2.75, 3.05) is 18.6 Å². The van der Waals surface area contributed by atoms with Gasteiger partial charge in [0.1, 0.15) is 17.2 Å². The van der Waals surface area contributed by atoms with Gasteiger partial charge >= 0.3 is 5.97 Å². The highest BCUT2D eigenvalue weighted by molar-refractivity contribution is 8.00. The lowest BCUT2D eigenvalue weighted by Gasteiger charge is -2.23. The highest BCUT2D eigenvalue weighted by Crippen LogP contribution is 2.35. The van der Waals surface area contributed by atoms with Gasteiger partial charge in [-0.05, 0) is 36.8 Å². The van der Waals surface area contributed by atoms with Gasteiger partial charge in [0.05, 0.1) is 12.8 Å². The molecule has 2 heterocycles. The number of benzene rings is 1. The fraction of sp³-hybridized carbons (Fsp3) is 0.381. The van der Waals surface area contributed by atoms with Crippen molar-refractivity contribution in [2.45, 2.75) is 43.9 Å². The lowest BCUT2D eigenvalue weighted by atomic mass is 10.2. The molecule has 8 heteroatoms. The molecular weight excluding hydrogens is 391 g/mol. The molecule has 0 saturated heterocycles. The number of fused-ring (bicyclic) bond motifs is 1. The zero-order chi connectivity index (χ0) is 21.2. The van der Waals surface area contributed by atoms with E-state index in [2.05, 4.69) is 30.9 Å². The molecule has 0 unspecified atom stereocenters. The predicted molar refractivity (Wildman–Crippen MR) is 113 cm³/mol. The number of halogens is 1. The van der Waals surface area contributed by atoms with Crippen molar-refractivity contribution in [3.63, 3.8) is 0 Å². The van der Waals surface area contributed by atoms with Crippen LogP contribution in [0.4, 0.5) is 10.2 Å². The summed E-state index contributed by atoms with van der Waals surface area (Å²) >= 11 is 1.70. The minimum Gasteiger partial charge on any atom is -0.462 e. The number of nitrogens with zero attached hydrogens (tertiary/aromatic N) is 4. The first kappa shape index (κ1) is 21.1. The number of ether oxygens (including phenoxy) is 1. The van der Waals surface area contributed by atoms with Gasteiger partial charge in [-0.2, -0.15) is 5.10 Å². The SMILES string of the molecule is CCOC(=O)c1cnn2ccc(N(C)Cc3cc(F)ccc3SC(C)(C)C)nc12. The molecule has 154 valence electrons. The third kappa shape index (κ3) is 5.06. The Hall–Kier alpha value is -2.61. The van der Waals surface area contributed by atoms with Gasteiger partial charge in [0, 0.05) is 29.4 Å². The maximum atomic E-state index is 13.9. The number of hydrogen-bond donors (Lipinski definition) is 0. The van der Waals surface area contributed by atoms with Gasteiger partial charge in [-0.1, -0.05) is 20.8 Å². The maximum Gasteiger partial charge on any atom is 0.343 e. The molecule has 0 aliphatic carbocycles. The molecule has 3 aromatic rings. The Morgan fingerprint density at radius 3 is 2.76 bits per heavy atom. The summed E-state index contributed by atoms with van der Waals surface area (Å²) in [7, 11) is 1.88. The van der Waals surface area contributed by atoms with Crippen LogP contribution in [0.1, 0.15) is 43.6 Å². The molecule has 3 rings (SSSR count). The monoisotopic (exact) mass is 416 g/mol. The summed E-state index contributed by atoms with van der Waals surface area (Å²) in [6, 6.07) is 6.68. The largest absolute Gasteiger partial charge is 0.462 e. The number of carbonyl (C=O) groups excluding carboxylic acids is 1. The summed E-state index contributed by atoms with van der Waals surface area (Å²) in [5.41, 5.74) is 1.63. The van der Waals surface area contributed by atoms with E-state index < -0.39 is 5.97 Å². The number of rotatable bonds is 6. The van der Waals surface area contributed by atoms with Crippen molar-refractivity contribution < 1.29 is 13.9 Å². The lowest BCUT2D eigenvalue weighted by Crippen LogP contribution is -2.19. The third-order valence-corrected chi connectivity index (χ3v) is 5.32. The second-order valence-electron chi connectivity index (χ2n) is 7.66. The van der Waals surface area contributed by atoms with Crippen LogP contribution < -0.4 is 4.90 Å². The Morgan fingerprint density at radius 1 is 1.31 bits per heavy atom. The van der Waals surface area contributed by atoms with E-state index in [1.54, 1.807) is 30.9 Å². The van der Waals surface area contributed by atoms with E-state index in [0.29, 0.717) is 23.6 Å². The Bertz CT molecular complexity index is 1030. The van der Waals surface area contributed by atoms with Gasteiger partial charge in [0.2, 0.25) is 0 Å². The number of esters is 1. The molecule has 0 N–H and O–H groups in total. The molecule has 1 aromatic carbocycles. The average molecular weight is 417 g/mol. The van der Waals surface area contributed by atoms with Crippen molar-refractivity contribution in [1.29, 1.82) is 0 Å². The summed E-state index contributed by atoms with van der Waals surface area (Å²) in [6.07, 6.45) is 3.20. The Labute approximate surface area is 174 Å².